The van der Waals surface area contributed by atoms with Gasteiger partial charge in [-0.15, -0.1) is 22.7 Å². The quantitative estimate of drug-likeness (QED) is 0.780. The standard InChI is InChI=1S/C16H24N2S2/c1-5-9-17-15(14-8-7-12(6-2)20-14)16-18-13(10-19-16)11(3)4/h7-8,10-11,15,17H,5-6,9H2,1-4H3. The lowest BCUT2D eigenvalue weighted by molar-refractivity contribution is 0.600. The molecule has 2 nitrogen and oxygen atoms in total. The summed E-state index contributed by atoms with van der Waals surface area (Å²) < 4.78 is 0. The molecule has 0 saturated carbocycles. The summed E-state index contributed by atoms with van der Waals surface area (Å²) in [5.41, 5.74) is 1.21. The van der Waals surface area contributed by atoms with Crippen LogP contribution in [0.5, 0.6) is 0 Å². The van der Waals surface area contributed by atoms with Gasteiger partial charge in [0.05, 0.1) is 11.7 Å². The van der Waals surface area contributed by atoms with Crippen LogP contribution in [0.4, 0.5) is 0 Å². The Morgan fingerprint density at radius 1 is 1.25 bits per heavy atom. The molecule has 0 spiro atoms. The van der Waals surface area contributed by atoms with E-state index in [1.165, 1.54) is 20.5 Å². The molecule has 20 heavy (non-hydrogen) atoms. The van der Waals surface area contributed by atoms with Crippen molar-refractivity contribution >= 4 is 22.7 Å². The number of thiazole rings is 1. The minimum Gasteiger partial charge on any atom is -0.304 e. The molecule has 0 aliphatic rings. The fourth-order valence-electron chi connectivity index (χ4n) is 2.04. The van der Waals surface area contributed by atoms with Gasteiger partial charge < -0.3 is 5.32 Å². The minimum atomic E-state index is 0.262. The van der Waals surface area contributed by atoms with Gasteiger partial charge in [-0.3, -0.25) is 0 Å². The SMILES string of the molecule is CCCNC(c1ccc(CC)s1)c1nc(C(C)C)cs1. The summed E-state index contributed by atoms with van der Waals surface area (Å²) in [6.07, 6.45) is 2.26. The highest BCUT2D eigenvalue weighted by molar-refractivity contribution is 7.12. The number of aryl methyl sites for hydroxylation is 1. The Bertz CT molecular complexity index is 528. The third kappa shape index (κ3) is 3.68. The maximum Gasteiger partial charge on any atom is 0.115 e. The first-order valence-electron chi connectivity index (χ1n) is 7.43. The van der Waals surface area contributed by atoms with Crippen molar-refractivity contribution in [1.29, 1.82) is 0 Å². The highest BCUT2D eigenvalue weighted by Crippen LogP contribution is 2.32. The molecular formula is C16H24N2S2. The molecule has 2 aromatic heterocycles. The zero-order valence-corrected chi connectivity index (χ0v) is 14.4. The van der Waals surface area contributed by atoms with Crippen LogP contribution >= 0.6 is 22.7 Å². The van der Waals surface area contributed by atoms with Crippen molar-refractivity contribution in [2.24, 2.45) is 0 Å². The second kappa shape index (κ2) is 7.34. The van der Waals surface area contributed by atoms with E-state index in [9.17, 15) is 0 Å². The first-order chi connectivity index (χ1) is 9.65. The topological polar surface area (TPSA) is 24.9 Å². The van der Waals surface area contributed by atoms with Crippen LogP contribution in [0.2, 0.25) is 0 Å². The Morgan fingerprint density at radius 3 is 2.60 bits per heavy atom. The second-order valence-corrected chi connectivity index (χ2v) is 7.40. The Hall–Kier alpha value is -0.710. The van der Waals surface area contributed by atoms with Gasteiger partial charge in [-0.05, 0) is 37.4 Å². The Kier molecular flexibility index (Phi) is 5.75. The minimum absolute atomic E-state index is 0.262. The lowest BCUT2D eigenvalue weighted by Gasteiger charge is -2.14. The van der Waals surface area contributed by atoms with E-state index in [4.69, 9.17) is 4.98 Å². The van der Waals surface area contributed by atoms with Crippen molar-refractivity contribution in [2.75, 3.05) is 6.54 Å². The van der Waals surface area contributed by atoms with Crippen molar-refractivity contribution in [1.82, 2.24) is 10.3 Å². The van der Waals surface area contributed by atoms with Crippen LogP contribution in [-0.2, 0) is 6.42 Å². The number of hydrogen-bond acceptors (Lipinski definition) is 4. The predicted molar refractivity (Wildman–Crippen MR) is 90.0 cm³/mol. The molecule has 0 saturated heterocycles. The molecule has 1 unspecified atom stereocenters. The molecule has 0 aromatic carbocycles. The van der Waals surface area contributed by atoms with Crippen LogP contribution < -0.4 is 5.32 Å². The molecule has 0 bridgehead atoms. The molecule has 0 fully saturated rings. The molecule has 1 N–H and O–H groups in total. The third-order valence-electron chi connectivity index (χ3n) is 3.29. The fraction of sp³-hybridized carbons (Fsp3) is 0.562. The first-order valence-corrected chi connectivity index (χ1v) is 9.12. The molecule has 0 aliphatic carbocycles. The Labute approximate surface area is 130 Å². The van der Waals surface area contributed by atoms with Crippen LogP contribution in [0.15, 0.2) is 17.5 Å². The number of thiophene rings is 1. The molecule has 2 aromatic rings. The largest absolute Gasteiger partial charge is 0.304 e. The molecule has 4 heteroatoms. The normalized spacial score (nSPS) is 13.1. The highest BCUT2D eigenvalue weighted by atomic mass is 32.1. The Morgan fingerprint density at radius 2 is 2.05 bits per heavy atom. The van der Waals surface area contributed by atoms with Crippen LogP contribution in [0.1, 0.15) is 66.5 Å². The van der Waals surface area contributed by atoms with Gasteiger partial charge in [0.15, 0.2) is 0 Å². The summed E-state index contributed by atoms with van der Waals surface area (Å²) in [6, 6.07) is 4.77. The summed E-state index contributed by atoms with van der Waals surface area (Å²) in [6.45, 7) is 9.85. The summed E-state index contributed by atoms with van der Waals surface area (Å²) in [7, 11) is 0. The summed E-state index contributed by atoms with van der Waals surface area (Å²) >= 11 is 3.69. The third-order valence-corrected chi connectivity index (χ3v) is 5.51. The molecule has 0 amide bonds. The number of nitrogens with one attached hydrogen (secondary N) is 1. The van der Waals surface area contributed by atoms with Crippen molar-refractivity contribution in [3.05, 3.63) is 38.0 Å². The first kappa shape index (κ1) is 15.7. The zero-order chi connectivity index (χ0) is 14.5. The van der Waals surface area contributed by atoms with Crippen molar-refractivity contribution in [2.45, 2.75) is 52.5 Å². The monoisotopic (exact) mass is 308 g/mol. The summed E-state index contributed by atoms with van der Waals surface area (Å²) in [4.78, 5) is 7.67. The van der Waals surface area contributed by atoms with E-state index in [1.54, 1.807) is 11.3 Å². The van der Waals surface area contributed by atoms with Crippen molar-refractivity contribution in [3.8, 4) is 0 Å². The summed E-state index contributed by atoms with van der Waals surface area (Å²) in [5, 5.41) is 7.05. The van der Waals surface area contributed by atoms with Crippen LogP contribution in [0.3, 0.4) is 0 Å². The molecule has 2 rings (SSSR count). The van der Waals surface area contributed by atoms with Crippen LogP contribution in [-0.4, -0.2) is 11.5 Å². The molecule has 110 valence electrons. The Balaban J connectivity index is 2.25. The van der Waals surface area contributed by atoms with Gasteiger partial charge >= 0.3 is 0 Å². The van der Waals surface area contributed by atoms with E-state index in [-0.39, 0.29) is 6.04 Å². The van der Waals surface area contributed by atoms with E-state index in [0.717, 1.165) is 19.4 Å². The second-order valence-electron chi connectivity index (χ2n) is 5.31. The van der Waals surface area contributed by atoms with Crippen molar-refractivity contribution in [3.63, 3.8) is 0 Å². The van der Waals surface area contributed by atoms with Gasteiger partial charge in [0, 0.05) is 15.1 Å². The maximum atomic E-state index is 4.84. The van der Waals surface area contributed by atoms with Crippen LogP contribution in [0, 0.1) is 0 Å². The molecule has 2 heterocycles. The van der Waals surface area contributed by atoms with E-state index in [0.29, 0.717) is 5.92 Å². The number of rotatable bonds is 7. The fourth-order valence-corrected chi connectivity index (χ4v) is 4.21. The molecular weight excluding hydrogens is 284 g/mol. The maximum absolute atomic E-state index is 4.84. The van der Waals surface area contributed by atoms with Crippen LogP contribution in [0.25, 0.3) is 0 Å². The number of hydrogen-bond donors (Lipinski definition) is 1. The van der Waals surface area contributed by atoms with Gasteiger partial charge in [-0.2, -0.15) is 0 Å². The molecule has 1 atom stereocenters. The van der Waals surface area contributed by atoms with Gasteiger partial charge in [-0.1, -0.05) is 27.7 Å². The smallest absolute Gasteiger partial charge is 0.115 e. The van der Waals surface area contributed by atoms with Gasteiger partial charge in [0.1, 0.15) is 5.01 Å². The lowest BCUT2D eigenvalue weighted by Crippen LogP contribution is -2.22. The van der Waals surface area contributed by atoms with E-state index >= 15 is 0 Å². The van der Waals surface area contributed by atoms with E-state index < -0.39 is 0 Å². The average molecular weight is 309 g/mol. The number of aromatic nitrogens is 1. The molecule has 0 radical (unpaired) electrons. The predicted octanol–water partition coefficient (Wildman–Crippen LogP) is 4.98. The number of nitrogens with zero attached hydrogens (tertiary/aromatic N) is 1. The zero-order valence-electron chi connectivity index (χ0n) is 12.8. The van der Waals surface area contributed by atoms with Crippen molar-refractivity contribution < 1.29 is 0 Å². The summed E-state index contributed by atoms with van der Waals surface area (Å²) in [5.74, 6) is 0.501. The molecule has 0 aliphatic heterocycles. The van der Waals surface area contributed by atoms with Gasteiger partial charge in [-0.25, -0.2) is 4.98 Å². The average Bonchev–Trinajstić information content (AvgIpc) is 3.08. The van der Waals surface area contributed by atoms with Gasteiger partial charge in [0.25, 0.3) is 0 Å². The van der Waals surface area contributed by atoms with Gasteiger partial charge in [0.2, 0.25) is 0 Å². The lowest BCUT2D eigenvalue weighted by atomic mass is 10.1. The van der Waals surface area contributed by atoms with E-state index in [1.807, 2.05) is 11.3 Å². The van der Waals surface area contributed by atoms with E-state index in [2.05, 4.69) is 50.5 Å². The highest BCUT2D eigenvalue weighted by Gasteiger charge is 2.19.